The maximum atomic E-state index is 12.3. The van der Waals surface area contributed by atoms with Gasteiger partial charge >= 0.3 is 6.61 Å². The van der Waals surface area contributed by atoms with Crippen LogP contribution in [0.1, 0.15) is 32.6 Å². The SMILES string of the molecule is CCc1sc(C(=O)NCCc2ccc(OC(F)F)c(OC)c2)cc1C. The molecule has 1 amide bonds. The van der Waals surface area contributed by atoms with Crippen molar-refractivity contribution in [2.75, 3.05) is 13.7 Å². The molecule has 2 aromatic rings. The van der Waals surface area contributed by atoms with E-state index in [0.29, 0.717) is 17.8 Å². The van der Waals surface area contributed by atoms with E-state index in [0.717, 1.165) is 17.5 Å². The number of nitrogens with one attached hydrogen (secondary N) is 1. The Labute approximate surface area is 149 Å². The number of carbonyl (C=O) groups excluding carboxylic acids is 1. The lowest BCUT2D eigenvalue weighted by Crippen LogP contribution is -2.24. The summed E-state index contributed by atoms with van der Waals surface area (Å²) in [6.45, 7) is 1.60. The number of hydrogen-bond donors (Lipinski definition) is 1. The van der Waals surface area contributed by atoms with Crippen LogP contribution in [0.25, 0.3) is 0 Å². The molecule has 0 unspecified atom stereocenters. The first-order chi connectivity index (χ1) is 11.9. The Morgan fingerprint density at radius 2 is 2.04 bits per heavy atom. The fourth-order valence-corrected chi connectivity index (χ4v) is 3.48. The van der Waals surface area contributed by atoms with Gasteiger partial charge in [-0.2, -0.15) is 8.78 Å². The van der Waals surface area contributed by atoms with Crippen LogP contribution in [0.4, 0.5) is 8.78 Å². The number of halogens is 2. The van der Waals surface area contributed by atoms with Gasteiger partial charge in [-0.25, -0.2) is 0 Å². The number of carbonyl (C=O) groups is 1. The van der Waals surface area contributed by atoms with Crippen molar-refractivity contribution in [2.45, 2.75) is 33.3 Å². The molecule has 136 valence electrons. The summed E-state index contributed by atoms with van der Waals surface area (Å²) in [5.74, 6) is 0.134. The number of thiophene rings is 1. The van der Waals surface area contributed by atoms with Gasteiger partial charge < -0.3 is 14.8 Å². The van der Waals surface area contributed by atoms with Crippen LogP contribution in [0, 0.1) is 6.92 Å². The monoisotopic (exact) mass is 369 g/mol. The van der Waals surface area contributed by atoms with E-state index in [-0.39, 0.29) is 17.4 Å². The zero-order valence-corrected chi connectivity index (χ0v) is 15.2. The molecule has 0 saturated heterocycles. The Kier molecular flexibility index (Phi) is 6.75. The smallest absolute Gasteiger partial charge is 0.387 e. The molecule has 4 nitrogen and oxygen atoms in total. The van der Waals surface area contributed by atoms with Crippen molar-refractivity contribution in [2.24, 2.45) is 0 Å². The largest absolute Gasteiger partial charge is 0.493 e. The second kappa shape index (κ2) is 8.80. The molecule has 1 heterocycles. The van der Waals surface area contributed by atoms with Gasteiger partial charge in [0.05, 0.1) is 12.0 Å². The van der Waals surface area contributed by atoms with Crippen molar-refractivity contribution in [3.8, 4) is 11.5 Å². The van der Waals surface area contributed by atoms with Gasteiger partial charge in [0.1, 0.15) is 0 Å². The quantitative estimate of drug-likeness (QED) is 0.759. The van der Waals surface area contributed by atoms with Gasteiger partial charge in [0.15, 0.2) is 11.5 Å². The zero-order chi connectivity index (χ0) is 18.4. The number of aryl methyl sites for hydroxylation is 2. The van der Waals surface area contributed by atoms with Crippen LogP contribution in [0.5, 0.6) is 11.5 Å². The Hall–Kier alpha value is -2.15. The molecular formula is C18H21F2NO3S. The lowest BCUT2D eigenvalue weighted by atomic mass is 10.1. The number of ether oxygens (including phenoxy) is 2. The summed E-state index contributed by atoms with van der Waals surface area (Å²) in [5, 5.41) is 2.88. The first-order valence-corrected chi connectivity index (χ1v) is 8.75. The van der Waals surface area contributed by atoms with Crippen LogP contribution in [-0.4, -0.2) is 26.2 Å². The summed E-state index contributed by atoms with van der Waals surface area (Å²) in [4.78, 5) is 14.1. The molecule has 0 bridgehead atoms. The van der Waals surface area contributed by atoms with Crippen molar-refractivity contribution in [1.29, 1.82) is 0 Å². The van der Waals surface area contributed by atoms with Crippen LogP contribution in [0.2, 0.25) is 0 Å². The standard InChI is InChI=1S/C18H21F2NO3S/c1-4-15-11(2)9-16(25-15)17(22)21-8-7-12-5-6-13(24-18(19)20)14(10-12)23-3/h5-6,9-10,18H,4,7-8H2,1-3H3,(H,21,22). The van der Waals surface area contributed by atoms with E-state index in [1.165, 1.54) is 29.4 Å². The highest BCUT2D eigenvalue weighted by atomic mass is 32.1. The van der Waals surface area contributed by atoms with E-state index < -0.39 is 6.61 Å². The number of rotatable bonds is 8. The van der Waals surface area contributed by atoms with Crippen molar-refractivity contribution in [1.82, 2.24) is 5.32 Å². The molecule has 7 heteroatoms. The average Bonchev–Trinajstić information content (AvgIpc) is 2.96. The normalized spacial score (nSPS) is 10.8. The van der Waals surface area contributed by atoms with Crippen LogP contribution in [-0.2, 0) is 12.8 Å². The lowest BCUT2D eigenvalue weighted by Gasteiger charge is -2.11. The molecule has 1 aromatic carbocycles. The Morgan fingerprint density at radius 1 is 1.28 bits per heavy atom. The molecule has 0 aliphatic rings. The topological polar surface area (TPSA) is 47.6 Å². The van der Waals surface area contributed by atoms with Crippen molar-refractivity contribution < 1.29 is 23.0 Å². The van der Waals surface area contributed by atoms with Crippen LogP contribution in [0.15, 0.2) is 24.3 Å². The first-order valence-electron chi connectivity index (χ1n) is 7.93. The maximum Gasteiger partial charge on any atom is 0.387 e. The fraction of sp³-hybridized carbons (Fsp3) is 0.389. The Balaban J connectivity index is 1.93. The fourth-order valence-electron chi connectivity index (χ4n) is 2.45. The van der Waals surface area contributed by atoms with Crippen LogP contribution < -0.4 is 14.8 Å². The van der Waals surface area contributed by atoms with Gasteiger partial charge in [-0.15, -0.1) is 11.3 Å². The molecule has 2 rings (SSSR count). The highest BCUT2D eigenvalue weighted by Gasteiger charge is 2.13. The third-order valence-electron chi connectivity index (χ3n) is 3.71. The van der Waals surface area contributed by atoms with Gasteiger partial charge in [-0.3, -0.25) is 4.79 Å². The van der Waals surface area contributed by atoms with Crippen molar-refractivity contribution in [3.63, 3.8) is 0 Å². The molecule has 0 fully saturated rings. The second-order valence-electron chi connectivity index (χ2n) is 5.44. The number of alkyl halides is 2. The van der Waals surface area contributed by atoms with Crippen LogP contribution >= 0.6 is 11.3 Å². The molecule has 0 spiro atoms. The molecule has 0 aliphatic heterocycles. The minimum atomic E-state index is -2.90. The summed E-state index contributed by atoms with van der Waals surface area (Å²) >= 11 is 1.51. The number of methoxy groups -OCH3 is 1. The molecule has 0 aliphatic carbocycles. The highest BCUT2D eigenvalue weighted by Crippen LogP contribution is 2.29. The highest BCUT2D eigenvalue weighted by molar-refractivity contribution is 7.14. The van der Waals surface area contributed by atoms with Gasteiger partial charge in [0.25, 0.3) is 5.91 Å². The van der Waals surface area contributed by atoms with E-state index in [1.54, 1.807) is 12.1 Å². The minimum absolute atomic E-state index is 0.00792. The second-order valence-corrected chi connectivity index (χ2v) is 6.58. The number of amides is 1. The summed E-state index contributed by atoms with van der Waals surface area (Å²) in [6, 6.07) is 6.65. The number of hydrogen-bond acceptors (Lipinski definition) is 4. The zero-order valence-electron chi connectivity index (χ0n) is 14.4. The van der Waals surface area contributed by atoms with E-state index in [1.807, 2.05) is 13.0 Å². The molecule has 0 atom stereocenters. The summed E-state index contributed by atoms with van der Waals surface area (Å²) in [5.41, 5.74) is 1.99. The summed E-state index contributed by atoms with van der Waals surface area (Å²) in [7, 11) is 1.39. The average molecular weight is 369 g/mol. The third-order valence-corrected chi connectivity index (χ3v) is 5.09. The number of benzene rings is 1. The van der Waals surface area contributed by atoms with E-state index in [2.05, 4.69) is 17.0 Å². The minimum Gasteiger partial charge on any atom is -0.493 e. The summed E-state index contributed by atoms with van der Waals surface area (Å²) in [6.07, 6.45) is 1.47. The predicted molar refractivity (Wildman–Crippen MR) is 94.1 cm³/mol. The van der Waals surface area contributed by atoms with Gasteiger partial charge in [-0.05, 0) is 49.1 Å². The molecule has 1 N–H and O–H groups in total. The van der Waals surface area contributed by atoms with Gasteiger partial charge in [0.2, 0.25) is 0 Å². The van der Waals surface area contributed by atoms with Gasteiger partial charge in [-0.1, -0.05) is 13.0 Å². The third kappa shape index (κ3) is 5.16. The predicted octanol–water partition coefficient (Wildman–Crippen LogP) is 4.20. The molecule has 0 radical (unpaired) electrons. The lowest BCUT2D eigenvalue weighted by molar-refractivity contribution is -0.0512. The molecule has 0 saturated carbocycles. The Bertz CT molecular complexity index is 731. The molecule has 1 aromatic heterocycles. The molecule has 25 heavy (non-hydrogen) atoms. The first kappa shape index (κ1) is 19.2. The maximum absolute atomic E-state index is 12.3. The van der Waals surface area contributed by atoms with Crippen LogP contribution in [0.3, 0.4) is 0 Å². The summed E-state index contributed by atoms with van der Waals surface area (Å²) < 4.78 is 34.1. The van der Waals surface area contributed by atoms with Crippen molar-refractivity contribution in [3.05, 3.63) is 45.1 Å². The van der Waals surface area contributed by atoms with E-state index in [4.69, 9.17) is 4.74 Å². The molecular weight excluding hydrogens is 348 g/mol. The Morgan fingerprint density at radius 3 is 2.64 bits per heavy atom. The van der Waals surface area contributed by atoms with E-state index >= 15 is 0 Å². The van der Waals surface area contributed by atoms with Crippen molar-refractivity contribution >= 4 is 17.2 Å². The van der Waals surface area contributed by atoms with Gasteiger partial charge in [0, 0.05) is 11.4 Å². The van der Waals surface area contributed by atoms with E-state index in [9.17, 15) is 13.6 Å².